The second-order valence-electron chi connectivity index (χ2n) is 6.41. The van der Waals surface area contributed by atoms with Gasteiger partial charge in [0.05, 0.1) is 13.2 Å². The van der Waals surface area contributed by atoms with Crippen molar-refractivity contribution >= 4 is 17.5 Å². The van der Waals surface area contributed by atoms with Crippen LogP contribution in [0.1, 0.15) is 0 Å². The molecule has 0 aromatic carbocycles. The van der Waals surface area contributed by atoms with E-state index in [-0.39, 0.29) is 5.91 Å². The summed E-state index contributed by atoms with van der Waals surface area (Å²) < 4.78 is 7.06. The zero-order chi connectivity index (χ0) is 17.8. The van der Waals surface area contributed by atoms with E-state index in [1.165, 1.54) is 0 Å². The van der Waals surface area contributed by atoms with Crippen molar-refractivity contribution in [3.8, 4) is 0 Å². The summed E-state index contributed by atoms with van der Waals surface area (Å²) in [5.41, 5.74) is 0. The number of morpholine rings is 1. The van der Waals surface area contributed by atoms with Crippen LogP contribution < -0.4 is 9.80 Å². The Bertz CT molecular complexity index is 722. The van der Waals surface area contributed by atoms with Crippen molar-refractivity contribution in [3.05, 3.63) is 30.9 Å². The van der Waals surface area contributed by atoms with Crippen molar-refractivity contribution in [2.45, 2.75) is 6.54 Å². The molecule has 2 aromatic heterocycles. The van der Waals surface area contributed by atoms with Crippen LogP contribution in [-0.2, 0) is 16.1 Å². The summed E-state index contributed by atoms with van der Waals surface area (Å²) in [6.45, 7) is 6.38. The van der Waals surface area contributed by atoms with Crippen LogP contribution in [0.2, 0.25) is 0 Å². The number of ether oxygens (including phenoxy) is 1. The van der Waals surface area contributed by atoms with Gasteiger partial charge in [-0.3, -0.25) is 9.48 Å². The van der Waals surface area contributed by atoms with Crippen molar-refractivity contribution < 1.29 is 9.53 Å². The van der Waals surface area contributed by atoms with Crippen LogP contribution in [0.5, 0.6) is 0 Å². The lowest BCUT2D eigenvalue weighted by Gasteiger charge is -2.36. The van der Waals surface area contributed by atoms with Gasteiger partial charge in [0.2, 0.25) is 5.91 Å². The molecule has 0 N–H and O–H groups in total. The van der Waals surface area contributed by atoms with E-state index in [0.717, 1.165) is 51.0 Å². The van der Waals surface area contributed by atoms with Crippen LogP contribution in [0, 0.1) is 0 Å². The summed E-state index contributed by atoms with van der Waals surface area (Å²) in [7, 11) is 0. The molecule has 1 amide bonds. The molecule has 0 unspecified atom stereocenters. The lowest BCUT2D eigenvalue weighted by atomic mass is 10.3. The zero-order valence-corrected chi connectivity index (χ0v) is 14.7. The van der Waals surface area contributed by atoms with Gasteiger partial charge >= 0.3 is 0 Å². The summed E-state index contributed by atoms with van der Waals surface area (Å²) in [6.07, 6.45) is 5.12. The van der Waals surface area contributed by atoms with Crippen molar-refractivity contribution in [1.29, 1.82) is 0 Å². The molecular weight excluding hydrogens is 334 g/mol. The molecule has 2 aliphatic rings. The number of aromatic nitrogens is 4. The molecule has 9 nitrogen and oxygen atoms in total. The number of hydrogen-bond donors (Lipinski definition) is 0. The highest BCUT2D eigenvalue weighted by atomic mass is 16.5. The van der Waals surface area contributed by atoms with Crippen LogP contribution in [0.25, 0.3) is 0 Å². The van der Waals surface area contributed by atoms with Crippen LogP contribution in [0.15, 0.2) is 30.9 Å². The molecule has 0 radical (unpaired) electrons. The van der Waals surface area contributed by atoms with Crippen LogP contribution in [0.4, 0.5) is 11.6 Å². The normalized spacial score (nSPS) is 18.2. The lowest BCUT2D eigenvalue weighted by molar-refractivity contribution is -0.132. The van der Waals surface area contributed by atoms with Crippen molar-refractivity contribution in [1.82, 2.24) is 24.6 Å². The number of nitrogens with zero attached hydrogens (tertiary/aromatic N) is 7. The van der Waals surface area contributed by atoms with Crippen LogP contribution in [-0.4, -0.2) is 83.0 Å². The Labute approximate surface area is 152 Å². The fraction of sp³-hybridized carbons (Fsp3) is 0.529. The number of rotatable bonds is 4. The average molecular weight is 357 g/mol. The van der Waals surface area contributed by atoms with Gasteiger partial charge in [0.25, 0.3) is 0 Å². The predicted molar refractivity (Wildman–Crippen MR) is 96.1 cm³/mol. The van der Waals surface area contributed by atoms with E-state index in [9.17, 15) is 4.79 Å². The molecule has 4 heterocycles. The molecule has 0 aliphatic carbocycles. The third kappa shape index (κ3) is 3.77. The minimum absolute atomic E-state index is 0.102. The van der Waals surface area contributed by atoms with Crippen LogP contribution in [0.3, 0.4) is 0 Å². The molecule has 138 valence electrons. The summed E-state index contributed by atoms with van der Waals surface area (Å²) in [4.78, 5) is 27.5. The average Bonchev–Trinajstić information content (AvgIpc) is 3.22. The minimum Gasteiger partial charge on any atom is -0.378 e. The molecule has 4 rings (SSSR count). The van der Waals surface area contributed by atoms with E-state index in [2.05, 4.69) is 24.9 Å². The third-order valence-electron chi connectivity index (χ3n) is 4.79. The second-order valence-corrected chi connectivity index (χ2v) is 6.41. The predicted octanol–water partition coefficient (Wildman–Crippen LogP) is -0.141. The van der Waals surface area contributed by atoms with Gasteiger partial charge in [-0.1, -0.05) is 0 Å². The van der Waals surface area contributed by atoms with Gasteiger partial charge in [-0.25, -0.2) is 9.97 Å². The highest BCUT2D eigenvalue weighted by Crippen LogP contribution is 2.19. The third-order valence-corrected chi connectivity index (χ3v) is 4.79. The SMILES string of the molecule is O=C(Cn1cccn1)N1CCN(c2cc(N3CCOCC3)ncn2)CC1. The second kappa shape index (κ2) is 7.69. The molecular formula is C17H23N7O2. The van der Waals surface area contributed by atoms with E-state index < -0.39 is 0 Å². The molecule has 0 spiro atoms. The van der Waals surface area contributed by atoms with E-state index in [0.29, 0.717) is 19.6 Å². The van der Waals surface area contributed by atoms with Crippen LogP contribution >= 0.6 is 0 Å². The summed E-state index contributed by atoms with van der Waals surface area (Å²) in [5, 5.41) is 4.10. The van der Waals surface area contributed by atoms with E-state index in [4.69, 9.17) is 4.74 Å². The maximum atomic E-state index is 12.4. The monoisotopic (exact) mass is 357 g/mol. The molecule has 0 bridgehead atoms. The maximum absolute atomic E-state index is 12.4. The molecule has 2 aliphatic heterocycles. The number of anilines is 2. The number of hydrogen-bond acceptors (Lipinski definition) is 7. The van der Waals surface area contributed by atoms with Gasteiger partial charge in [-0.15, -0.1) is 0 Å². The fourth-order valence-corrected chi connectivity index (χ4v) is 3.29. The van der Waals surface area contributed by atoms with Gasteiger partial charge in [0, 0.05) is 57.7 Å². The molecule has 2 saturated heterocycles. The van der Waals surface area contributed by atoms with Crippen molar-refractivity contribution in [2.75, 3.05) is 62.3 Å². The molecule has 0 atom stereocenters. The van der Waals surface area contributed by atoms with Crippen molar-refractivity contribution in [2.24, 2.45) is 0 Å². The van der Waals surface area contributed by atoms with Gasteiger partial charge in [0.15, 0.2) is 0 Å². The largest absolute Gasteiger partial charge is 0.378 e. The molecule has 9 heteroatoms. The summed E-state index contributed by atoms with van der Waals surface area (Å²) in [5.74, 6) is 1.96. The van der Waals surface area contributed by atoms with E-state index >= 15 is 0 Å². The Kier molecular flexibility index (Phi) is 4.96. The smallest absolute Gasteiger partial charge is 0.244 e. The molecule has 26 heavy (non-hydrogen) atoms. The first-order chi connectivity index (χ1) is 12.8. The summed E-state index contributed by atoms with van der Waals surface area (Å²) >= 11 is 0. The van der Waals surface area contributed by atoms with E-state index in [1.807, 2.05) is 23.2 Å². The first-order valence-corrected chi connectivity index (χ1v) is 8.94. The van der Waals surface area contributed by atoms with Gasteiger partial charge in [-0.2, -0.15) is 5.10 Å². The first-order valence-electron chi connectivity index (χ1n) is 8.94. The standard InChI is InChI=1S/C17H23N7O2/c25-17(13-24-3-1-2-20-24)23-6-4-21(5-7-23)15-12-16(19-14-18-15)22-8-10-26-11-9-22/h1-3,12,14H,4-11,13H2. The Balaban J connectivity index is 1.35. The Hall–Kier alpha value is -2.68. The van der Waals surface area contributed by atoms with Gasteiger partial charge < -0.3 is 19.4 Å². The number of carbonyl (C=O) groups is 1. The highest BCUT2D eigenvalue weighted by molar-refractivity contribution is 5.76. The van der Waals surface area contributed by atoms with E-state index in [1.54, 1.807) is 17.2 Å². The Morgan fingerprint density at radius 3 is 2.35 bits per heavy atom. The topological polar surface area (TPSA) is 79.6 Å². The number of carbonyl (C=O) groups excluding carboxylic acids is 1. The highest BCUT2D eigenvalue weighted by Gasteiger charge is 2.23. The maximum Gasteiger partial charge on any atom is 0.244 e. The number of amides is 1. The quantitative estimate of drug-likeness (QED) is 0.753. The zero-order valence-electron chi connectivity index (χ0n) is 14.7. The molecule has 2 aromatic rings. The summed E-state index contributed by atoms with van der Waals surface area (Å²) in [6, 6.07) is 3.86. The first kappa shape index (κ1) is 16.8. The Morgan fingerprint density at radius 1 is 1.00 bits per heavy atom. The molecule has 0 saturated carbocycles. The van der Waals surface area contributed by atoms with Gasteiger partial charge in [0.1, 0.15) is 24.5 Å². The lowest BCUT2D eigenvalue weighted by Crippen LogP contribution is -2.50. The Morgan fingerprint density at radius 2 is 1.69 bits per heavy atom. The molecule has 2 fully saturated rings. The fourth-order valence-electron chi connectivity index (χ4n) is 3.29. The minimum atomic E-state index is 0.102. The van der Waals surface area contributed by atoms with Gasteiger partial charge in [-0.05, 0) is 6.07 Å². The van der Waals surface area contributed by atoms with Crippen molar-refractivity contribution in [3.63, 3.8) is 0 Å². The number of piperazine rings is 1.